The first-order chi connectivity index (χ1) is 12.0. The minimum absolute atomic E-state index is 0.0183. The Kier molecular flexibility index (Phi) is 6.52. The summed E-state index contributed by atoms with van der Waals surface area (Å²) >= 11 is 0. The van der Waals surface area contributed by atoms with Crippen LogP contribution in [-0.4, -0.2) is 66.9 Å². The number of imide groups is 1. The normalized spacial score (nSPS) is 16.2. The van der Waals surface area contributed by atoms with Crippen LogP contribution in [0.1, 0.15) is 29.8 Å². The summed E-state index contributed by atoms with van der Waals surface area (Å²) in [5, 5.41) is 4.65. The highest BCUT2D eigenvalue weighted by atomic mass is 16.2. The van der Waals surface area contributed by atoms with Crippen LogP contribution >= 0.6 is 0 Å². The monoisotopic (exact) mass is 346 g/mol. The second-order valence-electron chi connectivity index (χ2n) is 6.12. The summed E-state index contributed by atoms with van der Waals surface area (Å²) in [7, 11) is 1.46. The summed E-state index contributed by atoms with van der Waals surface area (Å²) in [5.74, 6) is -0.320. The first-order valence-corrected chi connectivity index (χ1v) is 8.61. The number of amides is 4. The topological polar surface area (TPSA) is 81.8 Å². The summed E-state index contributed by atoms with van der Waals surface area (Å²) < 4.78 is 0. The van der Waals surface area contributed by atoms with E-state index in [0.717, 1.165) is 6.42 Å². The molecule has 0 aliphatic carbocycles. The fourth-order valence-electron chi connectivity index (χ4n) is 2.82. The Morgan fingerprint density at radius 2 is 1.68 bits per heavy atom. The maximum Gasteiger partial charge on any atom is 0.321 e. The molecule has 25 heavy (non-hydrogen) atoms. The number of benzene rings is 1. The Labute approximate surface area is 148 Å². The summed E-state index contributed by atoms with van der Waals surface area (Å²) in [6.45, 7) is 6.16. The van der Waals surface area contributed by atoms with Gasteiger partial charge in [-0.3, -0.25) is 19.8 Å². The number of urea groups is 1. The highest BCUT2D eigenvalue weighted by molar-refractivity contribution is 5.97. The molecule has 1 aromatic rings. The van der Waals surface area contributed by atoms with Crippen LogP contribution in [0.25, 0.3) is 0 Å². The van der Waals surface area contributed by atoms with Crippen molar-refractivity contribution in [3.63, 3.8) is 0 Å². The maximum atomic E-state index is 12.6. The lowest BCUT2D eigenvalue weighted by Crippen LogP contribution is -2.56. The minimum atomic E-state index is -0.513. The van der Waals surface area contributed by atoms with Gasteiger partial charge in [0.1, 0.15) is 0 Å². The lowest BCUT2D eigenvalue weighted by molar-refractivity contribution is -0.125. The van der Waals surface area contributed by atoms with Crippen LogP contribution in [0.2, 0.25) is 0 Å². The molecular weight excluding hydrogens is 320 g/mol. The molecule has 1 atom stereocenters. The summed E-state index contributed by atoms with van der Waals surface area (Å²) in [6.07, 6.45) is 0.948. The maximum absolute atomic E-state index is 12.6. The molecule has 1 aliphatic heterocycles. The third-order valence-corrected chi connectivity index (χ3v) is 4.60. The predicted molar refractivity (Wildman–Crippen MR) is 95.4 cm³/mol. The van der Waals surface area contributed by atoms with Gasteiger partial charge in [-0.2, -0.15) is 0 Å². The van der Waals surface area contributed by atoms with Crippen molar-refractivity contribution in [3.05, 3.63) is 35.4 Å². The zero-order chi connectivity index (χ0) is 18.4. The van der Waals surface area contributed by atoms with Gasteiger partial charge in [0.25, 0.3) is 5.91 Å². The van der Waals surface area contributed by atoms with Crippen molar-refractivity contribution in [1.29, 1.82) is 0 Å². The van der Waals surface area contributed by atoms with E-state index < -0.39 is 12.1 Å². The van der Waals surface area contributed by atoms with Crippen LogP contribution < -0.4 is 10.6 Å². The van der Waals surface area contributed by atoms with E-state index in [1.54, 1.807) is 11.8 Å². The second kappa shape index (κ2) is 8.62. The molecule has 1 heterocycles. The Bertz CT molecular complexity index is 622. The number of nitrogens with zero attached hydrogens (tertiary/aromatic N) is 2. The summed E-state index contributed by atoms with van der Waals surface area (Å²) in [6, 6.07) is 6.77. The van der Waals surface area contributed by atoms with E-state index >= 15 is 0 Å². The molecule has 0 saturated carbocycles. The number of piperazine rings is 1. The largest absolute Gasteiger partial charge is 0.341 e. The van der Waals surface area contributed by atoms with Crippen LogP contribution in [0.15, 0.2) is 24.3 Å². The van der Waals surface area contributed by atoms with Gasteiger partial charge in [-0.05, 0) is 31.0 Å². The number of nitrogens with one attached hydrogen (secondary N) is 2. The van der Waals surface area contributed by atoms with Gasteiger partial charge in [-0.1, -0.05) is 19.1 Å². The molecule has 1 aromatic carbocycles. The number of hydrogen-bond acceptors (Lipinski definition) is 4. The Hall–Kier alpha value is -2.41. The average molecular weight is 346 g/mol. The van der Waals surface area contributed by atoms with Gasteiger partial charge in [0.05, 0.1) is 6.04 Å². The molecule has 0 spiro atoms. The van der Waals surface area contributed by atoms with Gasteiger partial charge in [0.2, 0.25) is 5.91 Å². The van der Waals surface area contributed by atoms with Crippen molar-refractivity contribution in [2.75, 3.05) is 33.2 Å². The van der Waals surface area contributed by atoms with Crippen molar-refractivity contribution in [2.24, 2.45) is 0 Å². The van der Waals surface area contributed by atoms with E-state index in [1.807, 2.05) is 29.2 Å². The summed E-state index contributed by atoms with van der Waals surface area (Å²) in [5.41, 5.74) is 1.90. The molecule has 0 bridgehead atoms. The average Bonchev–Trinajstić information content (AvgIpc) is 2.66. The van der Waals surface area contributed by atoms with E-state index in [0.29, 0.717) is 31.7 Å². The van der Waals surface area contributed by atoms with Crippen LogP contribution in [0.5, 0.6) is 0 Å². The molecule has 2 N–H and O–H groups in total. The standard InChI is InChI=1S/C18H26N4O3/c1-4-14-5-7-15(8-6-14)17(24)22-11-9-21(10-12-22)13(2)16(23)20-18(25)19-3/h5-8,13H,4,9-12H2,1-3H3,(H2,19,20,23,25)/t13-/m1/s1. The smallest absolute Gasteiger partial charge is 0.321 e. The lowest BCUT2D eigenvalue weighted by atomic mass is 10.1. The minimum Gasteiger partial charge on any atom is -0.341 e. The molecule has 0 unspecified atom stereocenters. The Morgan fingerprint density at radius 3 is 2.20 bits per heavy atom. The molecular formula is C18H26N4O3. The van der Waals surface area contributed by atoms with E-state index in [9.17, 15) is 14.4 Å². The lowest BCUT2D eigenvalue weighted by Gasteiger charge is -2.37. The van der Waals surface area contributed by atoms with E-state index in [-0.39, 0.29) is 11.8 Å². The molecule has 136 valence electrons. The van der Waals surface area contributed by atoms with Crippen LogP contribution in [0.4, 0.5) is 4.79 Å². The van der Waals surface area contributed by atoms with Crippen molar-refractivity contribution in [1.82, 2.24) is 20.4 Å². The number of carbonyl (C=O) groups excluding carboxylic acids is 3. The zero-order valence-electron chi connectivity index (χ0n) is 15.0. The van der Waals surface area contributed by atoms with Crippen LogP contribution in [0, 0.1) is 0 Å². The van der Waals surface area contributed by atoms with Gasteiger partial charge in [-0.15, -0.1) is 0 Å². The van der Waals surface area contributed by atoms with E-state index in [1.165, 1.54) is 12.6 Å². The van der Waals surface area contributed by atoms with Gasteiger partial charge >= 0.3 is 6.03 Å². The zero-order valence-corrected chi connectivity index (χ0v) is 15.0. The Balaban J connectivity index is 1.88. The van der Waals surface area contributed by atoms with Crippen LogP contribution in [0.3, 0.4) is 0 Å². The summed E-state index contributed by atoms with van der Waals surface area (Å²) in [4.78, 5) is 39.6. The van der Waals surface area contributed by atoms with Crippen molar-refractivity contribution < 1.29 is 14.4 Å². The van der Waals surface area contributed by atoms with Gasteiger partial charge in [-0.25, -0.2) is 4.79 Å². The molecule has 1 aliphatic rings. The molecule has 4 amide bonds. The highest BCUT2D eigenvalue weighted by Crippen LogP contribution is 2.12. The predicted octanol–water partition coefficient (Wildman–Crippen LogP) is 0.851. The third-order valence-electron chi connectivity index (χ3n) is 4.60. The second-order valence-corrected chi connectivity index (χ2v) is 6.12. The molecule has 7 heteroatoms. The highest BCUT2D eigenvalue weighted by Gasteiger charge is 2.28. The van der Waals surface area contributed by atoms with Crippen molar-refractivity contribution in [2.45, 2.75) is 26.3 Å². The van der Waals surface area contributed by atoms with E-state index in [2.05, 4.69) is 17.6 Å². The number of carbonyl (C=O) groups is 3. The van der Waals surface area contributed by atoms with Gasteiger partial charge in [0, 0.05) is 38.8 Å². The van der Waals surface area contributed by atoms with E-state index in [4.69, 9.17) is 0 Å². The SMILES string of the molecule is CCc1ccc(C(=O)N2CCN([C@H](C)C(=O)NC(=O)NC)CC2)cc1. The molecule has 0 radical (unpaired) electrons. The van der Waals surface area contributed by atoms with Crippen molar-refractivity contribution in [3.8, 4) is 0 Å². The Morgan fingerprint density at radius 1 is 1.08 bits per heavy atom. The van der Waals surface area contributed by atoms with Gasteiger partial charge in [0.15, 0.2) is 0 Å². The first kappa shape index (κ1) is 18.9. The first-order valence-electron chi connectivity index (χ1n) is 8.61. The van der Waals surface area contributed by atoms with Crippen LogP contribution in [-0.2, 0) is 11.2 Å². The fraction of sp³-hybridized carbons (Fsp3) is 0.500. The molecule has 7 nitrogen and oxygen atoms in total. The number of aryl methyl sites for hydroxylation is 1. The number of rotatable bonds is 4. The van der Waals surface area contributed by atoms with Gasteiger partial charge < -0.3 is 10.2 Å². The van der Waals surface area contributed by atoms with Crippen molar-refractivity contribution >= 4 is 17.8 Å². The molecule has 0 aromatic heterocycles. The molecule has 1 fully saturated rings. The third kappa shape index (κ3) is 4.79. The molecule has 1 saturated heterocycles. The quantitative estimate of drug-likeness (QED) is 0.847. The number of hydrogen-bond donors (Lipinski definition) is 2. The molecule has 2 rings (SSSR count). The fourth-order valence-corrected chi connectivity index (χ4v) is 2.82.